The van der Waals surface area contributed by atoms with E-state index in [2.05, 4.69) is 4.74 Å². The zero-order chi connectivity index (χ0) is 17.0. The molecule has 3 rings (SSSR count). The average molecular weight is 370 g/mol. The summed E-state index contributed by atoms with van der Waals surface area (Å²) in [7, 11) is -8.15. The van der Waals surface area contributed by atoms with E-state index in [1.54, 1.807) is 0 Å². The number of carbonyl (C=O) groups is 2. The van der Waals surface area contributed by atoms with Gasteiger partial charge >= 0.3 is 11.9 Å². The van der Waals surface area contributed by atoms with Crippen molar-refractivity contribution in [1.82, 2.24) is 0 Å². The van der Waals surface area contributed by atoms with Gasteiger partial charge in [0.05, 0.1) is 5.25 Å². The van der Waals surface area contributed by atoms with Crippen LogP contribution in [0.4, 0.5) is 0 Å². The fourth-order valence-corrected chi connectivity index (χ4v) is 5.82. The molecule has 3 aliphatic rings. The molecule has 23 heavy (non-hydrogen) atoms. The van der Waals surface area contributed by atoms with Crippen LogP contribution in [-0.4, -0.2) is 63.1 Å². The van der Waals surface area contributed by atoms with Crippen LogP contribution in [0.1, 0.15) is 12.8 Å². The van der Waals surface area contributed by atoms with Crippen LogP contribution < -0.4 is 0 Å². The standard InChI is InChI=1S/C11H14O10S2/c12-8(3-19-9(13)4-22(14,15)16)20-10-5-1-6-7(2-5)23(17,18)21-11(6)10/h5-7,10-11H,1-4H2,(H,14,15,16). The minimum absolute atomic E-state index is 0.121. The van der Waals surface area contributed by atoms with Gasteiger partial charge < -0.3 is 9.47 Å². The van der Waals surface area contributed by atoms with E-state index >= 15 is 0 Å². The lowest BCUT2D eigenvalue weighted by Gasteiger charge is -2.24. The second-order valence-corrected chi connectivity index (χ2v) is 9.06. The molecule has 10 nitrogen and oxygen atoms in total. The van der Waals surface area contributed by atoms with Crippen molar-refractivity contribution < 1.29 is 44.6 Å². The Morgan fingerprint density at radius 3 is 2.57 bits per heavy atom. The Kier molecular flexibility index (Phi) is 3.90. The second-order valence-electron chi connectivity index (χ2n) is 5.83. The first kappa shape index (κ1) is 16.6. The fraction of sp³-hybridized carbons (Fsp3) is 0.818. The van der Waals surface area contributed by atoms with Crippen molar-refractivity contribution in [2.45, 2.75) is 30.3 Å². The lowest BCUT2D eigenvalue weighted by Crippen LogP contribution is -2.38. The first-order valence-electron chi connectivity index (χ1n) is 6.79. The maximum atomic E-state index is 11.7. The summed E-state index contributed by atoms with van der Waals surface area (Å²) in [6, 6.07) is 0. The molecule has 5 unspecified atom stereocenters. The predicted octanol–water partition coefficient (Wildman–Crippen LogP) is -1.53. The summed E-state index contributed by atoms with van der Waals surface area (Å²) in [6.45, 7) is -0.828. The summed E-state index contributed by atoms with van der Waals surface area (Å²) in [5, 5.41) is -0.542. The topological polar surface area (TPSA) is 150 Å². The molecule has 2 aliphatic carbocycles. The highest BCUT2D eigenvalue weighted by atomic mass is 32.2. The molecule has 2 saturated carbocycles. The van der Waals surface area contributed by atoms with Crippen LogP contribution in [0.25, 0.3) is 0 Å². The summed E-state index contributed by atoms with van der Waals surface area (Å²) in [5.41, 5.74) is 0. The van der Waals surface area contributed by atoms with Crippen molar-refractivity contribution in [2.24, 2.45) is 11.8 Å². The molecular formula is C11H14O10S2. The van der Waals surface area contributed by atoms with Gasteiger partial charge in [-0.2, -0.15) is 16.8 Å². The molecule has 12 heteroatoms. The zero-order valence-corrected chi connectivity index (χ0v) is 13.3. The molecule has 2 bridgehead atoms. The minimum Gasteiger partial charge on any atom is -0.457 e. The van der Waals surface area contributed by atoms with Crippen LogP contribution in [-0.2, 0) is 43.5 Å². The van der Waals surface area contributed by atoms with Gasteiger partial charge in [0, 0.05) is 11.8 Å². The third kappa shape index (κ3) is 3.20. The normalized spacial score (nSPS) is 36.8. The second kappa shape index (κ2) is 5.40. The van der Waals surface area contributed by atoms with Gasteiger partial charge in [-0.3, -0.25) is 13.5 Å². The van der Waals surface area contributed by atoms with Crippen molar-refractivity contribution in [3.05, 3.63) is 0 Å². The van der Waals surface area contributed by atoms with Gasteiger partial charge in [0.2, 0.25) is 0 Å². The van der Waals surface area contributed by atoms with Crippen molar-refractivity contribution in [1.29, 1.82) is 0 Å². The Hall–Kier alpha value is -1.24. The van der Waals surface area contributed by atoms with E-state index in [-0.39, 0.29) is 11.8 Å². The lowest BCUT2D eigenvalue weighted by molar-refractivity contribution is -0.166. The van der Waals surface area contributed by atoms with Gasteiger partial charge in [-0.05, 0) is 12.8 Å². The van der Waals surface area contributed by atoms with Crippen molar-refractivity contribution >= 4 is 32.2 Å². The highest BCUT2D eigenvalue weighted by molar-refractivity contribution is 7.87. The highest BCUT2D eigenvalue weighted by Gasteiger charge is 2.65. The smallest absolute Gasteiger partial charge is 0.344 e. The molecule has 0 radical (unpaired) electrons. The third-order valence-electron chi connectivity index (χ3n) is 4.33. The van der Waals surface area contributed by atoms with E-state index in [0.29, 0.717) is 12.8 Å². The van der Waals surface area contributed by atoms with Gasteiger partial charge in [-0.25, -0.2) is 4.79 Å². The molecule has 5 atom stereocenters. The Morgan fingerprint density at radius 2 is 1.91 bits per heavy atom. The molecule has 1 heterocycles. The molecule has 0 aromatic rings. The number of fused-ring (bicyclic) bond motifs is 1. The molecule has 0 aromatic carbocycles. The van der Waals surface area contributed by atoms with Gasteiger partial charge in [-0.15, -0.1) is 0 Å². The van der Waals surface area contributed by atoms with Crippen LogP contribution in [0.3, 0.4) is 0 Å². The maximum absolute atomic E-state index is 11.7. The van der Waals surface area contributed by atoms with Crippen LogP contribution in [0.2, 0.25) is 0 Å². The summed E-state index contributed by atoms with van der Waals surface area (Å²) in [4.78, 5) is 22.7. The number of esters is 2. The maximum Gasteiger partial charge on any atom is 0.344 e. The van der Waals surface area contributed by atoms with Crippen molar-refractivity contribution in [2.75, 3.05) is 12.4 Å². The Balaban J connectivity index is 1.53. The molecular weight excluding hydrogens is 356 g/mol. The van der Waals surface area contributed by atoms with Gasteiger partial charge in [0.1, 0.15) is 12.2 Å². The summed E-state index contributed by atoms with van der Waals surface area (Å²) >= 11 is 0. The Bertz CT molecular complexity index is 739. The molecule has 0 aromatic heterocycles. The quantitative estimate of drug-likeness (QED) is 0.343. The van der Waals surface area contributed by atoms with Crippen molar-refractivity contribution in [3.8, 4) is 0 Å². The molecule has 0 spiro atoms. The van der Waals surface area contributed by atoms with E-state index in [9.17, 15) is 26.4 Å². The molecule has 0 amide bonds. The van der Waals surface area contributed by atoms with Gasteiger partial charge in [-0.1, -0.05) is 0 Å². The molecule has 1 saturated heterocycles. The largest absolute Gasteiger partial charge is 0.457 e. The van der Waals surface area contributed by atoms with Gasteiger partial charge in [0.25, 0.3) is 20.2 Å². The highest BCUT2D eigenvalue weighted by Crippen LogP contribution is 2.55. The van der Waals surface area contributed by atoms with Crippen LogP contribution in [0.5, 0.6) is 0 Å². The Labute approximate surface area is 131 Å². The first-order valence-corrected chi connectivity index (χ1v) is 9.87. The van der Waals surface area contributed by atoms with Crippen LogP contribution >= 0.6 is 0 Å². The number of carbonyl (C=O) groups excluding carboxylic acids is 2. The fourth-order valence-electron chi connectivity index (χ4n) is 3.56. The number of ether oxygens (including phenoxy) is 2. The number of hydrogen-bond acceptors (Lipinski definition) is 9. The molecule has 1 aliphatic heterocycles. The summed E-state index contributed by atoms with van der Waals surface area (Å²) in [5.74, 6) is -3.80. The lowest BCUT2D eigenvalue weighted by atomic mass is 9.94. The van der Waals surface area contributed by atoms with Gasteiger partial charge in [0.15, 0.2) is 12.4 Å². The molecule has 130 valence electrons. The molecule has 1 N–H and O–H groups in total. The number of rotatable bonds is 5. The summed E-state index contributed by atoms with van der Waals surface area (Å²) < 4.78 is 67.4. The Morgan fingerprint density at radius 1 is 1.22 bits per heavy atom. The van der Waals surface area contributed by atoms with E-state index in [1.807, 2.05) is 0 Å². The van der Waals surface area contributed by atoms with Crippen molar-refractivity contribution in [3.63, 3.8) is 0 Å². The van der Waals surface area contributed by atoms with Crippen LogP contribution in [0.15, 0.2) is 0 Å². The van der Waals surface area contributed by atoms with E-state index < -0.39 is 62.0 Å². The molecule has 3 fully saturated rings. The monoisotopic (exact) mass is 370 g/mol. The van der Waals surface area contributed by atoms with E-state index in [4.69, 9.17) is 13.5 Å². The van der Waals surface area contributed by atoms with Crippen LogP contribution in [0, 0.1) is 11.8 Å². The van der Waals surface area contributed by atoms with E-state index in [1.165, 1.54) is 0 Å². The first-order chi connectivity index (χ1) is 10.6. The van der Waals surface area contributed by atoms with E-state index in [0.717, 1.165) is 0 Å². The third-order valence-corrected chi connectivity index (χ3v) is 6.71. The minimum atomic E-state index is -4.53. The SMILES string of the molecule is O=C(CS(=O)(=O)O)OCC(=O)OC1C2CC3C1OS(=O)(=O)C3C2. The average Bonchev–Trinajstić information content (AvgIpc) is 2.98. The number of hydrogen-bond donors (Lipinski definition) is 1. The predicted molar refractivity (Wildman–Crippen MR) is 71.0 cm³/mol. The summed E-state index contributed by atoms with van der Waals surface area (Å²) in [6.07, 6.45) is -0.471. The zero-order valence-electron chi connectivity index (χ0n) is 11.7.